The van der Waals surface area contributed by atoms with Gasteiger partial charge in [-0.2, -0.15) is 0 Å². The number of rotatable bonds is 3. The van der Waals surface area contributed by atoms with Crippen LogP contribution in [0, 0.1) is 0 Å². The maximum atomic E-state index is 13.0. The molecule has 3 aliphatic heterocycles. The van der Waals surface area contributed by atoms with Gasteiger partial charge in [0.05, 0.1) is 29.5 Å². The molecule has 1 aromatic rings. The van der Waals surface area contributed by atoms with Crippen LogP contribution in [0.25, 0.3) is 5.70 Å². The molecule has 1 amide bonds. The zero-order valence-corrected chi connectivity index (χ0v) is 17.4. The molecular weight excluding hydrogens is 411 g/mol. The van der Waals surface area contributed by atoms with Gasteiger partial charge in [0.1, 0.15) is 0 Å². The molecule has 0 aromatic heterocycles. The lowest BCUT2D eigenvalue weighted by molar-refractivity contribution is -0.130. The summed E-state index contributed by atoms with van der Waals surface area (Å²) >= 11 is 12.6. The van der Waals surface area contributed by atoms with E-state index in [1.165, 1.54) is 0 Å². The number of nitrogens with zero attached hydrogens (tertiary/aromatic N) is 3. The molecule has 0 radical (unpaired) electrons. The zero-order chi connectivity index (χ0) is 20.5. The number of benzene rings is 1. The number of fused-ring (bicyclic) bond motifs is 1. The summed E-state index contributed by atoms with van der Waals surface area (Å²) in [4.78, 5) is 21.2. The highest BCUT2D eigenvalue weighted by molar-refractivity contribution is 6.36. The van der Waals surface area contributed by atoms with Crippen LogP contribution in [0.15, 0.2) is 58.2 Å². The molecule has 0 atom stereocenters. The van der Waals surface area contributed by atoms with Crippen LogP contribution in [0.4, 0.5) is 0 Å². The molecule has 2 N–H and O–H groups in total. The second kappa shape index (κ2) is 8.19. The van der Waals surface area contributed by atoms with Crippen LogP contribution in [0.1, 0.15) is 12.5 Å². The van der Waals surface area contributed by atoms with Crippen LogP contribution in [0.2, 0.25) is 10.0 Å². The van der Waals surface area contributed by atoms with Gasteiger partial charge < -0.3 is 15.4 Å². The molecular formula is C21H20Cl2N4O2. The van der Waals surface area contributed by atoms with Crippen molar-refractivity contribution in [2.24, 2.45) is 10.7 Å². The van der Waals surface area contributed by atoms with Crippen LogP contribution >= 0.6 is 23.2 Å². The number of nitrogens with two attached hydrogens (primary N) is 1. The minimum absolute atomic E-state index is 0.0676. The van der Waals surface area contributed by atoms with Gasteiger partial charge in [0, 0.05) is 47.7 Å². The summed E-state index contributed by atoms with van der Waals surface area (Å²) in [6, 6.07) is 5.31. The lowest BCUT2D eigenvalue weighted by Gasteiger charge is -2.33. The number of carbonyl (C=O) groups excluding carboxylic acids is 1. The molecule has 1 saturated heterocycles. The largest absolute Gasteiger partial charge is 0.378 e. The summed E-state index contributed by atoms with van der Waals surface area (Å²) < 4.78 is 5.34. The van der Waals surface area contributed by atoms with E-state index in [-0.39, 0.29) is 12.5 Å². The maximum absolute atomic E-state index is 13.0. The molecule has 0 saturated carbocycles. The van der Waals surface area contributed by atoms with Gasteiger partial charge in [0.25, 0.3) is 5.91 Å². The summed E-state index contributed by atoms with van der Waals surface area (Å²) in [7, 11) is 0. The Morgan fingerprint density at radius 3 is 2.76 bits per heavy atom. The SMILES string of the molecule is CC1=NC2=C=CC(C(=O)N3CCOCC3)=CN2C(c2ccc(Cl)cc2Cl)=C1CN. The molecule has 3 aliphatic rings. The van der Waals surface area contributed by atoms with Crippen molar-refractivity contribution in [3.05, 3.63) is 68.8 Å². The number of halogens is 2. The number of aliphatic imine (C=N–C) groups is 1. The van der Waals surface area contributed by atoms with E-state index in [0.717, 1.165) is 22.5 Å². The highest BCUT2D eigenvalue weighted by Crippen LogP contribution is 2.38. The van der Waals surface area contributed by atoms with Crippen molar-refractivity contribution < 1.29 is 9.53 Å². The third-order valence-corrected chi connectivity index (χ3v) is 5.57. The van der Waals surface area contributed by atoms with E-state index >= 15 is 0 Å². The van der Waals surface area contributed by atoms with Crippen molar-refractivity contribution >= 4 is 40.5 Å². The van der Waals surface area contributed by atoms with Crippen molar-refractivity contribution in [3.8, 4) is 0 Å². The highest BCUT2D eigenvalue weighted by atomic mass is 35.5. The van der Waals surface area contributed by atoms with Gasteiger partial charge in [-0.3, -0.25) is 9.69 Å². The molecule has 1 aromatic carbocycles. The molecule has 0 spiro atoms. The van der Waals surface area contributed by atoms with E-state index < -0.39 is 0 Å². The first kappa shape index (κ1) is 20.0. The van der Waals surface area contributed by atoms with Crippen LogP contribution < -0.4 is 5.73 Å². The molecule has 0 bridgehead atoms. The van der Waals surface area contributed by atoms with Gasteiger partial charge in [-0.05, 0) is 31.2 Å². The van der Waals surface area contributed by atoms with Gasteiger partial charge in [0.15, 0.2) is 5.82 Å². The first-order valence-electron chi connectivity index (χ1n) is 9.28. The third kappa shape index (κ3) is 3.78. The summed E-state index contributed by atoms with van der Waals surface area (Å²) in [6.45, 7) is 4.39. The van der Waals surface area contributed by atoms with Crippen LogP contribution in [-0.4, -0.2) is 54.3 Å². The summed E-state index contributed by atoms with van der Waals surface area (Å²) in [5.41, 5.74) is 12.9. The Hall–Kier alpha value is -2.34. The molecule has 150 valence electrons. The minimum atomic E-state index is -0.0676. The number of carbonyl (C=O) groups is 1. The predicted octanol–water partition coefficient (Wildman–Crippen LogP) is 3.19. The third-order valence-electron chi connectivity index (χ3n) is 5.03. The second-order valence-electron chi connectivity index (χ2n) is 6.82. The van der Waals surface area contributed by atoms with E-state index in [9.17, 15) is 4.79 Å². The van der Waals surface area contributed by atoms with Crippen LogP contribution in [-0.2, 0) is 9.53 Å². The Bertz CT molecular complexity index is 1030. The minimum Gasteiger partial charge on any atom is -0.378 e. The summed E-state index contributed by atoms with van der Waals surface area (Å²) in [5, 5.41) is 1.04. The van der Waals surface area contributed by atoms with E-state index in [4.69, 9.17) is 33.7 Å². The van der Waals surface area contributed by atoms with Crippen LogP contribution in [0.3, 0.4) is 0 Å². The zero-order valence-electron chi connectivity index (χ0n) is 15.9. The van der Waals surface area contributed by atoms with Gasteiger partial charge in [0.2, 0.25) is 0 Å². The molecule has 8 heteroatoms. The molecule has 29 heavy (non-hydrogen) atoms. The fourth-order valence-electron chi connectivity index (χ4n) is 3.53. The van der Waals surface area contributed by atoms with Gasteiger partial charge in [-0.25, -0.2) is 4.99 Å². The lowest BCUT2D eigenvalue weighted by Crippen LogP contribution is -2.41. The normalized spacial score (nSPS) is 19.0. The Morgan fingerprint density at radius 2 is 2.07 bits per heavy atom. The molecule has 0 aliphatic carbocycles. The van der Waals surface area contributed by atoms with E-state index in [1.807, 2.05) is 17.9 Å². The standard InChI is InChI=1S/C21H20Cl2N4O2/c1-13-17(11-24)20(16-4-3-15(22)10-18(16)23)27-12-14(2-5-19(27)25-13)21(28)26-6-8-29-9-7-26/h2-4,10,12H,6-9,11,24H2,1H3. The first-order chi connectivity index (χ1) is 14.0. The summed E-state index contributed by atoms with van der Waals surface area (Å²) in [5.74, 6) is 0.515. The van der Waals surface area contributed by atoms with Crippen molar-refractivity contribution in [2.45, 2.75) is 6.92 Å². The van der Waals surface area contributed by atoms with E-state index in [2.05, 4.69) is 10.7 Å². The quantitative estimate of drug-likeness (QED) is 0.747. The fourth-order valence-corrected chi connectivity index (χ4v) is 4.03. The van der Waals surface area contributed by atoms with E-state index in [0.29, 0.717) is 47.7 Å². The first-order valence-corrected chi connectivity index (χ1v) is 10.0. The number of ether oxygens (including phenoxy) is 1. The lowest BCUT2D eigenvalue weighted by atomic mass is 9.99. The number of hydrogen-bond donors (Lipinski definition) is 1. The van der Waals surface area contributed by atoms with Crippen molar-refractivity contribution in [1.29, 1.82) is 0 Å². The topological polar surface area (TPSA) is 71.2 Å². The molecule has 0 unspecified atom stereocenters. The molecule has 4 rings (SSSR count). The van der Waals surface area contributed by atoms with E-state index in [1.54, 1.807) is 29.3 Å². The molecule has 1 fully saturated rings. The van der Waals surface area contributed by atoms with Gasteiger partial charge in [-0.1, -0.05) is 28.9 Å². The average Bonchev–Trinajstić information content (AvgIpc) is 2.73. The Balaban J connectivity index is 1.81. The maximum Gasteiger partial charge on any atom is 0.256 e. The second-order valence-corrected chi connectivity index (χ2v) is 7.67. The number of morpholine rings is 1. The molecule has 6 nitrogen and oxygen atoms in total. The Labute approximate surface area is 179 Å². The number of hydrogen-bond acceptors (Lipinski definition) is 5. The van der Waals surface area contributed by atoms with Crippen LogP contribution in [0.5, 0.6) is 0 Å². The highest BCUT2D eigenvalue weighted by Gasteiger charge is 2.29. The van der Waals surface area contributed by atoms with Gasteiger partial charge >= 0.3 is 0 Å². The van der Waals surface area contributed by atoms with Crippen molar-refractivity contribution in [2.75, 3.05) is 32.8 Å². The predicted molar refractivity (Wildman–Crippen MR) is 114 cm³/mol. The molecule has 3 heterocycles. The fraction of sp³-hybridized carbons (Fsp3) is 0.286. The Morgan fingerprint density at radius 1 is 1.31 bits per heavy atom. The summed E-state index contributed by atoms with van der Waals surface area (Å²) in [6.07, 6.45) is 3.45. The van der Waals surface area contributed by atoms with Crippen molar-refractivity contribution in [3.63, 3.8) is 0 Å². The van der Waals surface area contributed by atoms with Crippen molar-refractivity contribution in [1.82, 2.24) is 9.80 Å². The Kier molecular flexibility index (Phi) is 5.63. The van der Waals surface area contributed by atoms with Gasteiger partial charge in [-0.15, -0.1) is 0 Å². The monoisotopic (exact) mass is 430 g/mol. The smallest absolute Gasteiger partial charge is 0.256 e. The number of amides is 1. The average molecular weight is 431 g/mol.